The van der Waals surface area contributed by atoms with Gasteiger partial charge in [0, 0.05) is 31.9 Å². The SMILES string of the molecule is CCCn1ccnc1Cc1ccc(OC)cc1CNC. The van der Waals surface area contributed by atoms with Crippen LogP contribution in [0.4, 0.5) is 0 Å². The van der Waals surface area contributed by atoms with Crippen LogP contribution < -0.4 is 10.1 Å². The van der Waals surface area contributed by atoms with Gasteiger partial charge in [-0.3, -0.25) is 0 Å². The van der Waals surface area contributed by atoms with Crippen molar-refractivity contribution in [1.29, 1.82) is 0 Å². The van der Waals surface area contributed by atoms with Crippen LogP contribution in [0.1, 0.15) is 30.3 Å². The summed E-state index contributed by atoms with van der Waals surface area (Å²) in [7, 11) is 3.66. The lowest BCUT2D eigenvalue weighted by molar-refractivity contribution is 0.414. The first-order valence-electron chi connectivity index (χ1n) is 7.08. The van der Waals surface area contributed by atoms with E-state index in [1.54, 1.807) is 7.11 Å². The quantitative estimate of drug-likeness (QED) is 0.843. The van der Waals surface area contributed by atoms with Crippen molar-refractivity contribution in [2.24, 2.45) is 0 Å². The van der Waals surface area contributed by atoms with Crippen molar-refractivity contribution in [2.45, 2.75) is 32.9 Å². The Bertz CT molecular complexity index is 548. The van der Waals surface area contributed by atoms with Crippen molar-refractivity contribution >= 4 is 0 Å². The molecule has 20 heavy (non-hydrogen) atoms. The Hall–Kier alpha value is -1.81. The fourth-order valence-electron chi connectivity index (χ4n) is 2.38. The topological polar surface area (TPSA) is 39.1 Å². The number of aromatic nitrogens is 2. The van der Waals surface area contributed by atoms with Crippen molar-refractivity contribution < 1.29 is 4.74 Å². The summed E-state index contributed by atoms with van der Waals surface area (Å²) in [6.45, 7) is 4.04. The first-order chi connectivity index (χ1) is 9.78. The van der Waals surface area contributed by atoms with Crippen LogP contribution in [-0.2, 0) is 19.5 Å². The van der Waals surface area contributed by atoms with Crippen LogP contribution in [0.3, 0.4) is 0 Å². The molecule has 0 amide bonds. The molecular formula is C16H23N3O. The average molecular weight is 273 g/mol. The fraction of sp³-hybridized carbons (Fsp3) is 0.438. The van der Waals surface area contributed by atoms with Crippen LogP contribution in [0.2, 0.25) is 0 Å². The number of aryl methyl sites for hydroxylation is 1. The maximum absolute atomic E-state index is 5.31. The third-order valence-corrected chi connectivity index (χ3v) is 3.40. The summed E-state index contributed by atoms with van der Waals surface area (Å²) in [4.78, 5) is 4.49. The van der Waals surface area contributed by atoms with E-state index in [2.05, 4.69) is 40.1 Å². The smallest absolute Gasteiger partial charge is 0.119 e. The predicted octanol–water partition coefficient (Wildman–Crippen LogP) is 2.61. The van der Waals surface area contributed by atoms with Gasteiger partial charge in [0.15, 0.2) is 0 Å². The summed E-state index contributed by atoms with van der Waals surface area (Å²) in [6.07, 6.45) is 5.91. The van der Waals surface area contributed by atoms with Gasteiger partial charge >= 0.3 is 0 Å². The van der Waals surface area contributed by atoms with E-state index in [-0.39, 0.29) is 0 Å². The number of nitrogens with zero attached hydrogens (tertiary/aromatic N) is 2. The average Bonchev–Trinajstić information content (AvgIpc) is 2.89. The standard InChI is InChI=1S/C16H23N3O/c1-4-8-19-9-7-18-16(19)11-13-5-6-15(20-3)10-14(13)12-17-2/h5-7,9-10,17H,4,8,11-12H2,1-3H3. The van der Waals surface area contributed by atoms with Gasteiger partial charge in [0.1, 0.15) is 11.6 Å². The van der Waals surface area contributed by atoms with Crippen LogP contribution in [-0.4, -0.2) is 23.7 Å². The molecule has 2 rings (SSSR count). The second-order valence-electron chi connectivity index (χ2n) is 4.88. The maximum Gasteiger partial charge on any atom is 0.119 e. The molecule has 108 valence electrons. The van der Waals surface area contributed by atoms with E-state index >= 15 is 0 Å². The Morgan fingerprint density at radius 2 is 2.15 bits per heavy atom. The van der Waals surface area contributed by atoms with Crippen LogP contribution in [0, 0.1) is 0 Å². The molecule has 1 heterocycles. The van der Waals surface area contributed by atoms with Gasteiger partial charge in [-0.05, 0) is 36.7 Å². The summed E-state index contributed by atoms with van der Waals surface area (Å²) in [5, 5.41) is 3.21. The molecule has 0 aliphatic heterocycles. The largest absolute Gasteiger partial charge is 0.497 e. The molecule has 4 heteroatoms. The number of methoxy groups -OCH3 is 1. The minimum atomic E-state index is 0.834. The fourth-order valence-corrected chi connectivity index (χ4v) is 2.38. The molecule has 0 aliphatic rings. The zero-order valence-electron chi connectivity index (χ0n) is 12.5. The van der Waals surface area contributed by atoms with E-state index in [4.69, 9.17) is 4.74 Å². The third kappa shape index (κ3) is 3.39. The lowest BCUT2D eigenvalue weighted by atomic mass is 10.0. The Morgan fingerprint density at radius 1 is 1.30 bits per heavy atom. The minimum absolute atomic E-state index is 0.834. The highest BCUT2D eigenvalue weighted by molar-refractivity contribution is 5.37. The molecule has 2 aromatic rings. The number of ether oxygens (including phenoxy) is 1. The highest BCUT2D eigenvalue weighted by Crippen LogP contribution is 2.20. The van der Waals surface area contributed by atoms with Gasteiger partial charge in [0.2, 0.25) is 0 Å². The minimum Gasteiger partial charge on any atom is -0.497 e. The van der Waals surface area contributed by atoms with Crippen LogP contribution in [0.15, 0.2) is 30.6 Å². The zero-order valence-corrected chi connectivity index (χ0v) is 12.5. The number of imidazole rings is 1. The van der Waals surface area contributed by atoms with E-state index in [1.165, 1.54) is 11.1 Å². The number of hydrogen-bond acceptors (Lipinski definition) is 3. The lowest BCUT2D eigenvalue weighted by Gasteiger charge is -2.12. The van der Waals surface area contributed by atoms with E-state index in [0.717, 1.165) is 37.5 Å². The second kappa shape index (κ2) is 7.10. The molecule has 0 atom stereocenters. The molecule has 0 unspecified atom stereocenters. The van der Waals surface area contributed by atoms with Crippen molar-refractivity contribution in [1.82, 2.24) is 14.9 Å². The van der Waals surface area contributed by atoms with Crippen LogP contribution in [0.25, 0.3) is 0 Å². The monoisotopic (exact) mass is 273 g/mol. The molecular weight excluding hydrogens is 250 g/mol. The Balaban J connectivity index is 2.25. The zero-order chi connectivity index (χ0) is 14.4. The summed E-state index contributed by atoms with van der Waals surface area (Å²) in [5.41, 5.74) is 2.56. The second-order valence-corrected chi connectivity index (χ2v) is 4.88. The molecule has 1 N–H and O–H groups in total. The molecule has 0 fully saturated rings. The Morgan fingerprint density at radius 3 is 2.85 bits per heavy atom. The molecule has 0 saturated carbocycles. The molecule has 0 spiro atoms. The molecule has 0 radical (unpaired) electrons. The van der Waals surface area contributed by atoms with Crippen LogP contribution >= 0.6 is 0 Å². The van der Waals surface area contributed by atoms with Gasteiger partial charge in [-0.25, -0.2) is 4.98 Å². The van der Waals surface area contributed by atoms with Crippen molar-refractivity contribution in [3.8, 4) is 5.75 Å². The Kier molecular flexibility index (Phi) is 5.18. The van der Waals surface area contributed by atoms with Crippen molar-refractivity contribution in [2.75, 3.05) is 14.2 Å². The summed E-state index contributed by atoms with van der Waals surface area (Å²) < 4.78 is 7.53. The molecule has 0 bridgehead atoms. The van der Waals surface area contributed by atoms with Crippen molar-refractivity contribution in [3.63, 3.8) is 0 Å². The van der Waals surface area contributed by atoms with Crippen molar-refractivity contribution in [3.05, 3.63) is 47.5 Å². The normalized spacial score (nSPS) is 10.8. The molecule has 0 aliphatic carbocycles. The predicted molar refractivity (Wildman–Crippen MR) is 81.1 cm³/mol. The van der Waals surface area contributed by atoms with Gasteiger partial charge in [0.25, 0.3) is 0 Å². The molecule has 1 aromatic carbocycles. The summed E-state index contributed by atoms with van der Waals surface area (Å²) in [5.74, 6) is 2.02. The molecule has 4 nitrogen and oxygen atoms in total. The molecule has 0 saturated heterocycles. The number of nitrogens with one attached hydrogen (secondary N) is 1. The number of rotatable bonds is 7. The van der Waals surface area contributed by atoms with Crippen LogP contribution in [0.5, 0.6) is 5.75 Å². The maximum atomic E-state index is 5.31. The van der Waals surface area contributed by atoms with Gasteiger partial charge in [-0.2, -0.15) is 0 Å². The van der Waals surface area contributed by atoms with E-state index < -0.39 is 0 Å². The summed E-state index contributed by atoms with van der Waals surface area (Å²) >= 11 is 0. The number of benzene rings is 1. The number of hydrogen-bond donors (Lipinski definition) is 1. The highest BCUT2D eigenvalue weighted by Gasteiger charge is 2.08. The van der Waals surface area contributed by atoms with Gasteiger partial charge in [0.05, 0.1) is 7.11 Å². The van der Waals surface area contributed by atoms with E-state index in [9.17, 15) is 0 Å². The Labute approximate surface area is 120 Å². The van der Waals surface area contributed by atoms with E-state index in [1.807, 2.05) is 19.3 Å². The molecule has 1 aromatic heterocycles. The first kappa shape index (κ1) is 14.6. The lowest BCUT2D eigenvalue weighted by Crippen LogP contribution is -2.10. The summed E-state index contributed by atoms with van der Waals surface area (Å²) in [6, 6.07) is 6.25. The van der Waals surface area contributed by atoms with Gasteiger partial charge < -0.3 is 14.6 Å². The third-order valence-electron chi connectivity index (χ3n) is 3.40. The van der Waals surface area contributed by atoms with Gasteiger partial charge in [-0.1, -0.05) is 13.0 Å². The van der Waals surface area contributed by atoms with Gasteiger partial charge in [-0.15, -0.1) is 0 Å². The van der Waals surface area contributed by atoms with E-state index in [0.29, 0.717) is 0 Å². The first-order valence-corrected chi connectivity index (χ1v) is 7.08. The highest BCUT2D eigenvalue weighted by atomic mass is 16.5.